The Kier molecular flexibility index (Phi) is 3.29. The van der Waals surface area contributed by atoms with Crippen molar-refractivity contribution in [2.75, 3.05) is 6.54 Å². The van der Waals surface area contributed by atoms with Crippen molar-refractivity contribution in [1.82, 2.24) is 5.32 Å². The van der Waals surface area contributed by atoms with Gasteiger partial charge in [-0.2, -0.15) is 0 Å². The highest BCUT2D eigenvalue weighted by molar-refractivity contribution is 5.77. The second kappa shape index (κ2) is 4.52. The van der Waals surface area contributed by atoms with Gasteiger partial charge in [-0.25, -0.2) is 0 Å². The number of hydrogen-bond acceptors (Lipinski definition) is 2. The third-order valence-electron chi connectivity index (χ3n) is 4.10. The Labute approximate surface area is 91.8 Å². The van der Waals surface area contributed by atoms with Crippen molar-refractivity contribution in [3.05, 3.63) is 0 Å². The van der Waals surface area contributed by atoms with Crippen molar-refractivity contribution in [2.24, 2.45) is 11.1 Å². The van der Waals surface area contributed by atoms with Gasteiger partial charge in [0.2, 0.25) is 5.91 Å². The number of rotatable bonds is 4. The van der Waals surface area contributed by atoms with Crippen LogP contribution < -0.4 is 11.1 Å². The molecule has 3 N–H and O–H groups in total. The van der Waals surface area contributed by atoms with E-state index in [1.54, 1.807) is 0 Å². The van der Waals surface area contributed by atoms with Gasteiger partial charge in [0, 0.05) is 12.5 Å². The molecule has 2 aliphatic carbocycles. The first-order valence-electron chi connectivity index (χ1n) is 6.24. The molecular formula is C12H22N2O. The smallest absolute Gasteiger partial charge is 0.220 e. The first-order chi connectivity index (χ1) is 7.24. The van der Waals surface area contributed by atoms with Gasteiger partial charge in [-0.15, -0.1) is 0 Å². The van der Waals surface area contributed by atoms with Gasteiger partial charge in [-0.05, 0) is 37.6 Å². The number of amides is 1. The molecule has 2 aliphatic rings. The molecule has 3 nitrogen and oxygen atoms in total. The zero-order chi connectivity index (χ0) is 10.7. The molecular weight excluding hydrogens is 188 g/mol. The molecule has 0 aromatic carbocycles. The Balaban J connectivity index is 1.76. The van der Waals surface area contributed by atoms with Crippen molar-refractivity contribution in [3.8, 4) is 0 Å². The first-order valence-corrected chi connectivity index (χ1v) is 6.24. The molecule has 2 saturated carbocycles. The molecule has 15 heavy (non-hydrogen) atoms. The highest BCUT2D eigenvalue weighted by Gasteiger charge is 2.37. The minimum atomic E-state index is 0.155. The Morgan fingerprint density at radius 2 is 1.93 bits per heavy atom. The fraction of sp³-hybridized carbons (Fsp3) is 0.917. The zero-order valence-electron chi connectivity index (χ0n) is 9.43. The van der Waals surface area contributed by atoms with Gasteiger partial charge in [-0.1, -0.05) is 19.3 Å². The van der Waals surface area contributed by atoms with Crippen LogP contribution in [0.4, 0.5) is 0 Å². The van der Waals surface area contributed by atoms with Crippen LogP contribution in [0.1, 0.15) is 51.4 Å². The Morgan fingerprint density at radius 1 is 1.27 bits per heavy atom. The Morgan fingerprint density at radius 3 is 2.40 bits per heavy atom. The van der Waals surface area contributed by atoms with Gasteiger partial charge in [0.25, 0.3) is 0 Å². The molecule has 0 unspecified atom stereocenters. The summed E-state index contributed by atoms with van der Waals surface area (Å²) in [6.07, 6.45) is 9.06. The summed E-state index contributed by atoms with van der Waals surface area (Å²) in [4.78, 5) is 11.8. The van der Waals surface area contributed by atoms with Crippen molar-refractivity contribution in [3.63, 3.8) is 0 Å². The van der Waals surface area contributed by atoms with Gasteiger partial charge in [-0.3, -0.25) is 4.79 Å². The molecule has 0 spiro atoms. The maximum absolute atomic E-state index is 11.8. The lowest BCUT2D eigenvalue weighted by molar-refractivity contribution is -0.125. The molecule has 0 aromatic heterocycles. The molecule has 2 fully saturated rings. The van der Waals surface area contributed by atoms with E-state index in [0.29, 0.717) is 19.0 Å². The van der Waals surface area contributed by atoms with Crippen LogP contribution in [0, 0.1) is 5.41 Å². The van der Waals surface area contributed by atoms with E-state index >= 15 is 0 Å². The van der Waals surface area contributed by atoms with Gasteiger partial charge < -0.3 is 11.1 Å². The maximum Gasteiger partial charge on any atom is 0.220 e. The Hall–Kier alpha value is -0.570. The average molecular weight is 210 g/mol. The Bertz CT molecular complexity index is 224. The average Bonchev–Trinajstić information content (AvgIpc) is 2.64. The standard InChI is InChI=1S/C12H22N2O/c13-9-12(6-3-7-12)8-11(15)14-10-4-1-2-5-10/h10H,1-9,13H2,(H,14,15). The SMILES string of the molecule is NCC1(CC(=O)NC2CCCC2)CCC1. The maximum atomic E-state index is 11.8. The summed E-state index contributed by atoms with van der Waals surface area (Å²) >= 11 is 0. The fourth-order valence-corrected chi connectivity index (χ4v) is 2.82. The minimum absolute atomic E-state index is 0.155. The summed E-state index contributed by atoms with van der Waals surface area (Å²) in [7, 11) is 0. The first kappa shape index (κ1) is 10.9. The zero-order valence-corrected chi connectivity index (χ0v) is 9.43. The molecule has 2 rings (SSSR count). The molecule has 0 aliphatic heterocycles. The normalized spacial score (nSPS) is 24.9. The lowest BCUT2D eigenvalue weighted by Gasteiger charge is -2.40. The molecule has 0 aromatic rings. The molecule has 0 saturated heterocycles. The van der Waals surface area contributed by atoms with E-state index in [9.17, 15) is 4.79 Å². The van der Waals surface area contributed by atoms with Crippen LogP contribution >= 0.6 is 0 Å². The van der Waals surface area contributed by atoms with Crippen molar-refractivity contribution >= 4 is 5.91 Å². The molecule has 1 amide bonds. The lowest BCUT2D eigenvalue weighted by atomic mass is 9.66. The summed E-state index contributed by atoms with van der Waals surface area (Å²) in [5.41, 5.74) is 5.90. The van der Waals surface area contributed by atoms with Crippen LogP contribution in [0.25, 0.3) is 0 Å². The van der Waals surface area contributed by atoms with E-state index in [4.69, 9.17) is 5.73 Å². The predicted octanol–water partition coefficient (Wildman–Crippen LogP) is 1.56. The largest absolute Gasteiger partial charge is 0.353 e. The predicted molar refractivity (Wildman–Crippen MR) is 60.4 cm³/mol. The molecule has 0 atom stereocenters. The van der Waals surface area contributed by atoms with Gasteiger partial charge in [0.1, 0.15) is 0 Å². The summed E-state index contributed by atoms with van der Waals surface area (Å²) in [5, 5.41) is 3.14. The molecule has 86 valence electrons. The summed E-state index contributed by atoms with van der Waals surface area (Å²) in [6.45, 7) is 0.672. The highest BCUT2D eigenvalue weighted by atomic mass is 16.1. The van der Waals surface area contributed by atoms with E-state index < -0.39 is 0 Å². The third kappa shape index (κ3) is 2.51. The fourth-order valence-electron chi connectivity index (χ4n) is 2.82. The molecule has 0 heterocycles. The highest BCUT2D eigenvalue weighted by Crippen LogP contribution is 2.42. The van der Waals surface area contributed by atoms with E-state index in [1.807, 2.05) is 0 Å². The quantitative estimate of drug-likeness (QED) is 0.740. The number of carbonyl (C=O) groups is 1. The van der Waals surface area contributed by atoms with E-state index in [2.05, 4.69) is 5.32 Å². The topological polar surface area (TPSA) is 55.1 Å². The van der Waals surface area contributed by atoms with Crippen molar-refractivity contribution in [1.29, 1.82) is 0 Å². The monoisotopic (exact) mass is 210 g/mol. The van der Waals surface area contributed by atoms with E-state index in [-0.39, 0.29) is 11.3 Å². The van der Waals surface area contributed by atoms with Gasteiger partial charge >= 0.3 is 0 Å². The van der Waals surface area contributed by atoms with Crippen LogP contribution in [0.2, 0.25) is 0 Å². The lowest BCUT2D eigenvalue weighted by Crippen LogP contribution is -2.43. The summed E-state index contributed by atoms with van der Waals surface area (Å²) in [6, 6.07) is 0.451. The summed E-state index contributed by atoms with van der Waals surface area (Å²) < 4.78 is 0. The third-order valence-corrected chi connectivity index (χ3v) is 4.10. The van der Waals surface area contributed by atoms with E-state index in [1.165, 1.54) is 32.1 Å². The second-order valence-corrected chi connectivity index (χ2v) is 5.28. The minimum Gasteiger partial charge on any atom is -0.353 e. The number of hydrogen-bond donors (Lipinski definition) is 2. The molecule has 0 bridgehead atoms. The van der Waals surface area contributed by atoms with Gasteiger partial charge in [0.15, 0.2) is 0 Å². The van der Waals surface area contributed by atoms with E-state index in [0.717, 1.165) is 12.8 Å². The van der Waals surface area contributed by atoms with Crippen LogP contribution in [-0.2, 0) is 4.79 Å². The second-order valence-electron chi connectivity index (χ2n) is 5.28. The van der Waals surface area contributed by atoms with Crippen LogP contribution in [0.3, 0.4) is 0 Å². The van der Waals surface area contributed by atoms with Crippen LogP contribution in [0.5, 0.6) is 0 Å². The number of nitrogens with one attached hydrogen (secondary N) is 1. The van der Waals surface area contributed by atoms with Crippen molar-refractivity contribution < 1.29 is 4.79 Å². The molecule has 0 radical (unpaired) electrons. The van der Waals surface area contributed by atoms with Crippen LogP contribution in [-0.4, -0.2) is 18.5 Å². The van der Waals surface area contributed by atoms with Crippen LogP contribution in [0.15, 0.2) is 0 Å². The van der Waals surface area contributed by atoms with Crippen molar-refractivity contribution in [2.45, 2.75) is 57.4 Å². The number of nitrogens with two attached hydrogens (primary N) is 1. The summed E-state index contributed by atoms with van der Waals surface area (Å²) in [5.74, 6) is 0.229. The molecule has 3 heteroatoms. The number of carbonyl (C=O) groups excluding carboxylic acids is 1. The van der Waals surface area contributed by atoms with Gasteiger partial charge in [0.05, 0.1) is 0 Å².